The summed E-state index contributed by atoms with van der Waals surface area (Å²) in [5, 5.41) is 7.20. The van der Waals surface area contributed by atoms with Crippen molar-refractivity contribution in [1.82, 2.24) is 10.1 Å². The summed E-state index contributed by atoms with van der Waals surface area (Å²) >= 11 is 0. The third-order valence-corrected chi connectivity index (χ3v) is 3.53. The third kappa shape index (κ3) is 3.81. The number of hydrogen-bond acceptors (Lipinski definition) is 5. The van der Waals surface area contributed by atoms with Gasteiger partial charge in [0.25, 0.3) is 5.91 Å². The van der Waals surface area contributed by atoms with Crippen LogP contribution in [0, 0.1) is 6.92 Å². The zero-order valence-electron chi connectivity index (χ0n) is 13.2. The SMILES string of the molecule is Cc1cc(NC(=O)COC(=O)CCc2c[nH]c3ccccc23)no1. The molecule has 0 bridgehead atoms. The number of H-pyrrole nitrogens is 1. The highest BCUT2D eigenvalue weighted by Crippen LogP contribution is 2.19. The second-order valence-electron chi connectivity index (χ2n) is 5.39. The first-order valence-corrected chi connectivity index (χ1v) is 7.55. The van der Waals surface area contributed by atoms with Crippen LogP contribution in [0.5, 0.6) is 0 Å². The van der Waals surface area contributed by atoms with Crippen molar-refractivity contribution in [2.75, 3.05) is 11.9 Å². The number of nitrogens with zero attached hydrogens (tertiary/aromatic N) is 1. The number of esters is 1. The molecule has 0 aliphatic heterocycles. The average molecular weight is 327 g/mol. The van der Waals surface area contributed by atoms with E-state index in [1.54, 1.807) is 13.0 Å². The summed E-state index contributed by atoms with van der Waals surface area (Å²) in [5.74, 6) is 0.00359. The van der Waals surface area contributed by atoms with Gasteiger partial charge in [-0.3, -0.25) is 9.59 Å². The molecule has 2 N–H and O–H groups in total. The van der Waals surface area contributed by atoms with Crippen molar-refractivity contribution >= 4 is 28.6 Å². The van der Waals surface area contributed by atoms with Crippen LogP contribution in [0.2, 0.25) is 0 Å². The van der Waals surface area contributed by atoms with Crippen molar-refractivity contribution in [3.05, 3.63) is 47.9 Å². The molecular formula is C17H17N3O4. The summed E-state index contributed by atoms with van der Waals surface area (Å²) < 4.78 is 9.80. The lowest BCUT2D eigenvalue weighted by molar-refractivity contribution is -0.147. The van der Waals surface area contributed by atoms with Gasteiger partial charge in [0.2, 0.25) is 0 Å². The number of carbonyl (C=O) groups is 2. The predicted octanol–water partition coefficient (Wildman–Crippen LogP) is 2.58. The number of nitrogens with one attached hydrogen (secondary N) is 2. The summed E-state index contributed by atoms with van der Waals surface area (Å²) in [5.41, 5.74) is 2.08. The quantitative estimate of drug-likeness (QED) is 0.678. The number of hydrogen-bond donors (Lipinski definition) is 2. The number of fused-ring (bicyclic) bond motifs is 1. The van der Waals surface area contributed by atoms with E-state index < -0.39 is 11.9 Å². The predicted molar refractivity (Wildman–Crippen MR) is 87.4 cm³/mol. The van der Waals surface area contributed by atoms with E-state index >= 15 is 0 Å². The second kappa shape index (κ2) is 6.99. The van der Waals surface area contributed by atoms with Crippen LogP contribution >= 0.6 is 0 Å². The van der Waals surface area contributed by atoms with Gasteiger partial charge in [0.1, 0.15) is 5.76 Å². The van der Waals surface area contributed by atoms with Crippen molar-refractivity contribution in [2.24, 2.45) is 0 Å². The van der Waals surface area contributed by atoms with Crippen LogP contribution in [0.15, 0.2) is 41.1 Å². The van der Waals surface area contributed by atoms with Gasteiger partial charge in [-0.15, -0.1) is 0 Å². The Labute approximate surface area is 138 Å². The maximum absolute atomic E-state index is 11.8. The molecule has 3 aromatic rings. The van der Waals surface area contributed by atoms with Gasteiger partial charge in [0.15, 0.2) is 12.4 Å². The lowest BCUT2D eigenvalue weighted by Crippen LogP contribution is -2.21. The Bertz CT molecular complexity index is 865. The highest BCUT2D eigenvalue weighted by molar-refractivity contribution is 5.92. The zero-order chi connectivity index (χ0) is 16.9. The van der Waals surface area contributed by atoms with Crippen molar-refractivity contribution < 1.29 is 18.8 Å². The largest absolute Gasteiger partial charge is 0.456 e. The van der Waals surface area contributed by atoms with Gasteiger partial charge in [0.05, 0.1) is 0 Å². The second-order valence-corrected chi connectivity index (χ2v) is 5.39. The number of anilines is 1. The van der Waals surface area contributed by atoms with E-state index in [0.29, 0.717) is 18.0 Å². The van der Waals surface area contributed by atoms with Crippen LogP contribution in [0.1, 0.15) is 17.7 Å². The molecule has 0 saturated carbocycles. The lowest BCUT2D eigenvalue weighted by atomic mass is 10.1. The molecule has 0 fully saturated rings. The van der Waals surface area contributed by atoms with Gasteiger partial charge in [-0.2, -0.15) is 0 Å². The topological polar surface area (TPSA) is 97.2 Å². The smallest absolute Gasteiger partial charge is 0.306 e. The molecule has 0 aliphatic rings. The highest BCUT2D eigenvalue weighted by atomic mass is 16.5. The number of carbonyl (C=O) groups excluding carboxylic acids is 2. The number of ether oxygens (including phenoxy) is 1. The molecule has 3 rings (SSSR count). The molecule has 7 nitrogen and oxygen atoms in total. The van der Waals surface area contributed by atoms with E-state index in [2.05, 4.69) is 15.5 Å². The summed E-state index contributed by atoms with van der Waals surface area (Å²) in [4.78, 5) is 26.6. The molecule has 24 heavy (non-hydrogen) atoms. The number of aromatic nitrogens is 2. The highest BCUT2D eigenvalue weighted by Gasteiger charge is 2.11. The summed E-state index contributed by atoms with van der Waals surface area (Å²) in [6.07, 6.45) is 2.64. The van der Waals surface area contributed by atoms with E-state index in [0.717, 1.165) is 16.5 Å². The average Bonchev–Trinajstić information content (AvgIpc) is 3.17. The molecule has 1 aromatic carbocycles. The normalized spacial score (nSPS) is 10.7. The number of para-hydroxylation sites is 1. The number of aryl methyl sites for hydroxylation is 2. The van der Waals surface area contributed by atoms with Crippen LogP contribution < -0.4 is 5.32 Å². The zero-order valence-corrected chi connectivity index (χ0v) is 13.2. The Balaban J connectivity index is 1.45. The maximum Gasteiger partial charge on any atom is 0.306 e. The fraction of sp³-hybridized carbons (Fsp3) is 0.235. The van der Waals surface area contributed by atoms with Crippen LogP contribution in [0.4, 0.5) is 5.82 Å². The minimum atomic E-state index is -0.455. The molecule has 7 heteroatoms. The number of aromatic amines is 1. The van der Waals surface area contributed by atoms with Crippen LogP contribution in [-0.4, -0.2) is 28.6 Å². The van der Waals surface area contributed by atoms with Crippen LogP contribution in [-0.2, 0) is 20.7 Å². The van der Waals surface area contributed by atoms with Crippen LogP contribution in [0.25, 0.3) is 10.9 Å². The standard InChI is InChI=1S/C17H17N3O4/c1-11-8-15(20-24-11)19-16(21)10-23-17(22)7-6-12-9-18-14-5-3-2-4-13(12)14/h2-5,8-9,18H,6-7,10H2,1H3,(H,19,20,21). The van der Waals surface area contributed by atoms with Crippen molar-refractivity contribution in [3.8, 4) is 0 Å². The van der Waals surface area contributed by atoms with E-state index in [-0.39, 0.29) is 13.0 Å². The first kappa shape index (κ1) is 15.8. The number of rotatable bonds is 6. The van der Waals surface area contributed by atoms with Crippen LogP contribution in [0.3, 0.4) is 0 Å². The Morgan fingerprint density at radius 3 is 2.96 bits per heavy atom. The lowest BCUT2D eigenvalue weighted by Gasteiger charge is -2.04. The molecule has 2 heterocycles. The monoisotopic (exact) mass is 327 g/mol. The first-order valence-electron chi connectivity index (χ1n) is 7.55. The van der Waals surface area contributed by atoms with E-state index in [4.69, 9.17) is 9.26 Å². The molecule has 0 spiro atoms. The minimum Gasteiger partial charge on any atom is -0.456 e. The molecule has 0 aliphatic carbocycles. The maximum atomic E-state index is 11.8. The molecule has 124 valence electrons. The molecule has 0 unspecified atom stereocenters. The molecule has 1 amide bonds. The third-order valence-electron chi connectivity index (χ3n) is 3.53. The number of amides is 1. The molecule has 2 aromatic heterocycles. The van der Waals surface area contributed by atoms with E-state index in [9.17, 15) is 9.59 Å². The van der Waals surface area contributed by atoms with Gasteiger partial charge in [0, 0.05) is 29.6 Å². The van der Waals surface area contributed by atoms with E-state index in [1.165, 1.54) is 0 Å². The van der Waals surface area contributed by atoms with Gasteiger partial charge in [-0.1, -0.05) is 23.4 Å². The molecular weight excluding hydrogens is 310 g/mol. The van der Waals surface area contributed by atoms with Gasteiger partial charge in [-0.05, 0) is 25.0 Å². The number of benzene rings is 1. The summed E-state index contributed by atoms with van der Waals surface area (Å²) in [6.45, 7) is 1.37. The van der Waals surface area contributed by atoms with Crippen molar-refractivity contribution in [3.63, 3.8) is 0 Å². The summed E-state index contributed by atoms with van der Waals surface area (Å²) in [7, 11) is 0. The van der Waals surface area contributed by atoms with Gasteiger partial charge >= 0.3 is 5.97 Å². The molecule has 0 atom stereocenters. The fourth-order valence-corrected chi connectivity index (χ4v) is 2.40. The Morgan fingerprint density at radius 2 is 2.17 bits per heavy atom. The van der Waals surface area contributed by atoms with Crippen molar-refractivity contribution in [2.45, 2.75) is 19.8 Å². The van der Waals surface area contributed by atoms with Gasteiger partial charge in [-0.25, -0.2) is 0 Å². The summed E-state index contributed by atoms with van der Waals surface area (Å²) in [6, 6.07) is 9.46. The minimum absolute atomic E-state index is 0.207. The van der Waals surface area contributed by atoms with E-state index in [1.807, 2.05) is 30.5 Å². The molecule has 0 saturated heterocycles. The Hall–Kier alpha value is -3.09. The first-order chi connectivity index (χ1) is 11.6. The molecule has 0 radical (unpaired) electrons. The fourth-order valence-electron chi connectivity index (χ4n) is 2.40. The van der Waals surface area contributed by atoms with Crippen molar-refractivity contribution in [1.29, 1.82) is 0 Å². The van der Waals surface area contributed by atoms with Gasteiger partial charge < -0.3 is 19.6 Å². The Kier molecular flexibility index (Phi) is 4.60. The Morgan fingerprint density at radius 1 is 1.33 bits per heavy atom.